The largest absolute Gasteiger partial charge is 0.478 e. The molecule has 0 amide bonds. The van der Waals surface area contributed by atoms with Gasteiger partial charge in [-0.05, 0) is 23.8 Å². The van der Waals surface area contributed by atoms with Crippen molar-refractivity contribution >= 4 is 45.2 Å². The maximum Gasteiger partial charge on any atom is 0.339 e. The highest BCUT2D eigenvalue weighted by atomic mass is 35.5. The third-order valence-corrected chi connectivity index (χ3v) is 4.24. The van der Waals surface area contributed by atoms with E-state index in [1.165, 1.54) is 6.20 Å². The minimum atomic E-state index is -1.03. The average Bonchev–Trinajstić information content (AvgIpc) is 3.04. The molecule has 0 saturated carbocycles. The SMILES string of the molecule is O=C(O)c1c[nH]c2c1nc(NCc1cccc(Cl)c1)c1ccncc12. The second kappa shape index (κ2) is 6.07. The van der Waals surface area contributed by atoms with Crippen LogP contribution < -0.4 is 5.32 Å². The molecule has 3 aromatic heterocycles. The zero-order chi connectivity index (χ0) is 17.4. The number of pyridine rings is 2. The number of rotatable bonds is 4. The van der Waals surface area contributed by atoms with Gasteiger partial charge in [0.25, 0.3) is 0 Å². The van der Waals surface area contributed by atoms with Gasteiger partial charge in [0.15, 0.2) is 0 Å². The molecule has 0 unspecified atom stereocenters. The fourth-order valence-electron chi connectivity index (χ4n) is 2.84. The van der Waals surface area contributed by atoms with Gasteiger partial charge in [-0.3, -0.25) is 4.98 Å². The molecule has 4 aromatic rings. The van der Waals surface area contributed by atoms with Gasteiger partial charge in [-0.25, -0.2) is 9.78 Å². The Labute approximate surface area is 147 Å². The Morgan fingerprint density at radius 1 is 1.28 bits per heavy atom. The molecule has 0 fully saturated rings. The summed E-state index contributed by atoms with van der Waals surface area (Å²) in [6.45, 7) is 0.517. The van der Waals surface area contributed by atoms with Gasteiger partial charge in [-0.15, -0.1) is 0 Å². The fraction of sp³-hybridized carbons (Fsp3) is 0.0556. The molecule has 7 heteroatoms. The van der Waals surface area contributed by atoms with Crippen LogP contribution in [0, 0.1) is 0 Å². The van der Waals surface area contributed by atoms with Crippen molar-refractivity contribution in [2.45, 2.75) is 6.54 Å². The summed E-state index contributed by atoms with van der Waals surface area (Å²) < 4.78 is 0. The quantitative estimate of drug-likeness (QED) is 0.515. The van der Waals surface area contributed by atoms with Crippen LogP contribution in [0.5, 0.6) is 0 Å². The highest BCUT2D eigenvalue weighted by Crippen LogP contribution is 2.30. The molecule has 0 radical (unpaired) electrons. The molecule has 0 aliphatic rings. The van der Waals surface area contributed by atoms with Crippen LogP contribution in [-0.4, -0.2) is 26.0 Å². The summed E-state index contributed by atoms with van der Waals surface area (Å²) in [5.74, 6) is -0.422. The molecular formula is C18H13ClN4O2. The molecular weight excluding hydrogens is 340 g/mol. The normalized spacial score (nSPS) is 11.1. The number of H-pyrrole nitrogens is 1. The molecule has 4 rings (SSSR count). The number of aromatic amines is 1. The van der Waals surface area contributed by atoms with Crippen molar-refractivity contribution in [3.8, 4) is 0 Å². The van der Waals surface area contributed by atoms with E-state index in [-0.39, 0.29) is 5.56 Å². The van der Waals surface area contributed by atoms with Crippen LogP contribution in [0.1, 0.15) is 15.9 Å². The number of carboxylic acid groups (broad SMARTS) is 1. The monoisotopic (exact) mass is 352 g/mol. The second-order valence-electron chi connectivity index (χ2n) is 5.60. The Morgan fingerprint density at radius 2 is 2.16 bits per heavy atom. The summed E-state index contributed by atoms with van der Waals surface area (Å²) in [6, 6.07) is 9.38. The van der Waals surface area contributed by atoms with Gasteiger partial charge in [0.05, 0.1) is 5.52 Å². The molecule has 0 bridgehead atoms. The fourth-order valence-corrected chi connectivity index (χ4v) is 3.05. The number of carboxylic acids is 1. The van der Waals surface area contributed by atoms with Crippen LogP contribution in [0.15, 0.2) is 48.9 Å². The number of benzene rings is 1. The Balaban J connectivity index is 1.83. The van der Waals surface area contributed by atoms with Crippen molar-refractivity contribution in [2.75, 3.05) is 5.32 Å². The van der Waals surface area contributed by atoms with Crippen molar-refractivity contribution < 1.29 is 9.90 Å². The number of anilines is 1. The lowest BCUT2D eigenvalue weighted by atomic mass is 10.1. The van der Waals surface area contributed by atoms with E-state index in [1.807, 2.05) is 30.3 Å². The smallest absolute Gasteiger partial charge is 0.339 e. The highest BCUT2D eigenvalue weighted by molar-refractivity contribution is 6.30. The highest BCUT2D eigenvalue weighted by Gasteiger charge is 2.16. The summed E-state index contributed by atoms with van der Waals surface area (Å²) in [5.41, 5.74) is 2.20. The molecule has 25 heavy (non-hydrogen) atoms. The molecule has 0 aliphatic carbocycles. The van der Waals surface area contributed by atoms with E-state index in [4.69, 9.17) is 11.6 Å². The molecule has 0 atom stereocenters. The number of carbonyl (C=O) groups is 1. The summed E-state index contributed by atoms with van der Waals surface area (Å²) >= 11 is 6.02. The molecule has 3 heterocycles. The predicted octanol–water partition coefficient (Wildman–Crippen LogP) is 4.07. The van der Waals surface area contributed by atoms with Crippen molar-refractivity contribution in [3.63, 3.8) is 0 Å². The first-order valence-corrected chi connectivity index (χ1v) is 7.97. The summed E-state index contributed by atoms with van der Waals surface area (Å²) in [4.78, 5) is 23.1. The van der Waals surface area contributed by atoms with E-state index < -0.39 is 5.97 Å². The van der Waals surface area contributed by atoms with Gasteiger partial charge >= 0.3 is 5.97 Å². The number of hydrogen-bond acceptors (Lipinski definition) is 4. The first-order valence-electron chi connectivity index (χ1n) is 7.60. The average molecular weight is 353 g/mol. The maximum absolute atomic E-state index is 11.4. The third kappa shape index (κ3) is 2.77. The Bertz CT molecular complexity index is 1110. The lowest BCUT2D eigenvalue weighted by Crippen LogP contribution is -2.03. The third-order valence-electron chi connectivity index (χ3n) is 4.00. The number of fused-ring (bicyclic) bond motifs is 3. The number of aromatic carboxylic acids is 1. The molecule has 6 nitrogen and oxygen atoms in total. The number of halogens is 1. The van der Waals surface area contributed by atoms with Gasteiger partial charge < -0.3 is 15.4 Å². The van der Waals surface area contributed by atoms with Gasteiger partial charge in [-0.1, -0.05) is 23.7 Å². The zero-order valence-corrected chi connectivity index (χ0v) is 13.7. The zero-order valence-electron chi connectivity index (χ0n) is 13.0. The lowest BCUT2D eigenvalue weighted by molar-refractivity contribution is 0.0699. The number of nitrogens with one attached hydrogen (secondary N) is 2. The maximum atomic E-state index is 11.4. The van der Waals surface area contributed by atoms with E-state index in [9.17, 15) is 9.90 Å². The van der Waals surface area contributed by atoms with Crippen molar-refractivity contribution in [1.29, 1.82) is 0 Å². The Morgan fingerprint density at radius 3 is 2.96 bits per heavy atom. The van der Waals surface area contributed by atoms with E-state index in [2.05, 4.69) is 20.3 Å². The number of hydrogen-bond donors (Lipinski definition) is 3. The molecule has 3 N–H and O–H groups in total. The summed E-state index contributed by atoms with van der Waals surface area (Å²) in [5, 5.41) is 15.0. The van der Waals surface area contributed by atoms with Crippen molar-refractivity contribution in [3.05, 3.63) is 65.1 Å². The van der Waals surface area contributed by atoms with E-state index in [0.717, 1.165) is 16.3 Å². The van der Waals surface area contributed by atoms with Crippen LogP contribution in [0.4, 0.5) is 5.82 Å². The first kappa shape index (κ1) is 15.4. The minimum absolute atomic E-state index is 0.131. The van der Waals surface area contributed by atoms with E-state index in [0.29, 0.717) is 28.4 Å². The van der Waals surface area contributed by atoms with Gasteiger partial charge in [0.1, 0.15) is 16.9 Å². The van der Waals surface area contributed by atoms with Crippen molar-refractivity contribution in [2.24, 2.45) is 0 Å². The molecule has 0 aliphatic heterocycles. The Kier molecular flexibility index (Phi) is 3.74. The summed E-state index contributed by atoms with van der Waals surface area (Å²) in [7, 11) is 0. The predicted molar refractivity (Wildman–Crippen MR) is 97.1 cm³/mol. The lowest BCUT2D eigenvalue weighted by Gasteiger charge is -2.10. The Hall–Kier alpha value is -3.12. The topological polar surface area (TPSA) is 90.9 Å². The minimum Gasteiger partial charge on any atom is -0.478 e. The van der Waals surface area contributed by atoms with Crippen molar-refractivity contribution in [1.82, 2.24) is 15.0 Å². The van der Waals surface area contributed by atoms with E-state index >= 15 is 0 Å². The van der Waals surface area contributed by atoms with Crippen LogP contribution in [-0.2, 0) is 6.54 Å². The van der Waals surface area contributed by atoms with E-state index in [1.54, 1.807) is 12.4 Å². The second-order valence-corrected chi connectivity index (χ2v) is 6.03. The van der Waals surface area contributed by atoms with Crippen LogP contribution in [0.25, 0.3) is 21.8 Å². The molecule has 1 aromatic carbocycles. The standard InChI is InChI=1S/C18H13ClN4O2/c19-11-3-1-2-10(6-11)7-22-17-12-4-5-20-8-13(12)15-16(23-17)14(9-21-15)18(24)25/h1-6,8-9,21H,7H2,(H,22,23)(H,24,25). The first-order chi connectivity index (χ1) is 12.1. The molecule has 0 spiro atoms. The molecule has 124 valence electrons. The molecule has 0 saturated heterocycles. The van der Waals surface area contributed by atoms with Crippen LogP contribution in [0.3, 0.4) is 0 Å². The summed E-state index contributed by atoms with van der Waals surface area (Å²) in [6.07, 6.45) is 4.83. The van der Waals surface area contributed by atoms with Gasteiger partial charge in [0.2, 0.25) is 0 Å². The van der Waals surface area contributed by atoms with Crippen LogP contribution >= 0.6 is 11.6 Å². The van der Waals surface area contributed by atoms with Gasteiger partial charge in [0, 0.05) is 40.9 Å². The number of aromatic nitrogens is 3. The number of nitrogens with zero attached hydrogens (tertiary/aromatic N) is 2. The van der Waals surface area contributed by atoms with Crippen LogP contribution in [0.2, 0.25) is 5.02 Å². The van der Waals surface area contributed by atoms with Gasteiger partial charge in [-0.2, -0.15) is 0 Å².